The molecule has 4 aliphatic rings. The third kappa shape index (κ3) is 3.92. The van der Waals surface area contributed by atoms with Crippen LogP contribution >= 0.6 is 11.8 Å². The van der Waals surface area contributed by atoms with Gasteiger partial charge in [-0.25, -0.2) is 0 Å². The van der Waals surface area contributed by atoms with Gasteiger partial charge in [0.25, 0.3) is 0 Å². The lowest BCUT2D eigenvalue weighted by molar-refractivity contribution is 0.646. The Morgan fingerprint density at radius 1 is 0.707 bits per heavy atom. The molecule has 8 rings (SSSR count). The highest BCUT2D eigenvalue weighted by Crippen LogP contribution is 2.59. The molecule has 0 radical (unpaired) electrons. The van der Waals surface area contributed by atoms with Crippen molar-refractivity contribution in [3.05, 3.63) is 156 Å². The van der Waals surface area contributed by atoms with Crippen LogP contribution < -0.4 is 4.90 Å². The molecule has 1 aliphatic heterocycles. The first kappa shape index (κ1) is 24.8. The Morgan fingerprint density at radius 2 is 1.39 bits per heavy atom. The molecular formula is C39H33NS. The third-order valence-corrected chi connectivity index (χ3v) is 10.8. The minimum Gasteiger partial charge on any atom is -0.334 e. The van der Waals surface area contributed by atoms with Gasteiger partial charge in [-0.15, -0.1) is 11.8 Å². The van der Waals surface area contributed by atoms with Gasteiger partial charge in [-0.05, 0) is 69.6 Å². The number of para-hydroxylation sites is 1. The predicted molar refractivity (Wildman–Crippen MR) is 175 cm³/mol. The predicted octanol–water partition coefficient (Wildman–Crippen LogP) is 10.2. The zero-order chi connectivity index (χ0) is 27.6. The molecule has 0 fully saturated rings. The minimum absolute atomic E-state index is 0.01000. The molecule has 0 amide bonds. The van der Waals surface area contributed by atoms with Gasteiger partial charge >= 0.3 is 0 Å². The summed E-state index contributed by atoms with van der Waals surface area (Å²) in [6, 6.07) is 35.7. The number of anilines is 2. The summed E-state index contributed by atoms with van der Waals surface area (Å²) in [5.41, 5.74) is 12.5. The average molecular weight is 548 g/mol. The zero-order valence-electron chi connectivity index (χ0n) is 23.5. The molecule has 200 valence electrons. The molecule has 2 unspecified atom stereocenters. The SMILES string of the molecule is CC1(C)C2=C(CC(N(c3ccccc3)c3ccc(-c4ccccc4)cc3)C=C2)c2c1ccc1c2S[C@@H]2C=CC=CC12. The number of benzene rings is 4. The summed E-state index contributed by atoms with van der Waals surface area (Å²) >= 11 is 2.07. The Morgan fingerprint density at radius 3 is 2.17 bits per heavy atom. The molecule has 0 spiro atoms. The second-order valence-electron chi connectivity index (χ2n) is 12.1. The Bertz CT molecular complexity index is 1760. The monoisotopic (exact) mass is 547 g/mol. The maximum atomic E-state index is 2.53. The van der Waals surface area contributed by atoms with Crippen LogP contribution in [0.25, 0.3) is 16.7 Å². The fraction of sp³-hybridized carbons (Fsp3) is 0.179. The van der Waals surface area contributed by atoms with Gasteiger partial charge in [-0.2, -0.15) is 0 Å². The van der Waals surface area contributed by atoms with Crippen molar-refractivity contribution < 1.29 is 0 Å². The van der Waals surface area contributed by atoms with E-state index in [2.05, 4.69) is 164 Å². The number of allylic oxidation sites excluding steroid dienone is 5. The summed E-state index contributed by atoms with van der Waals surface area (Å²) in [7, 11) is 0. The van der Waals surface area contributed by atoms with Crippen LogP contribution in [0.1, 0.15) is 42.9 Å². The van der Waals surface area contributed by atoms with Gasteiger partial charge in [-0.1, -0.05) is 123 Å². The van der Waals surface area contributed by atoms with Crippen LogP contribution in [0.4, 0.5) is 11.4 Å². The molecule has 0 aromatic heterocycles. The van der Waals surface area contributed by atoms with Gasteiger partial charge in [0.1, 0.15) is 0 Å². The van der Waals surface area contributed by atoms with E-state index in [1.165, 1.54) is 55.2 Å². The highest BCUT2D eigenvalue weighted by Gasteiger charge is 2.44. The zero-order valence-corrected chi connectivity index (χ0v) is 24.3. The number of thioether (sulfide) groups is 1. The minimum atomic E-state index is 0.01000. The number of hydrogen-bond donors (Lipinski definition) is 0. The summed E-state index contributed by atoms with van der Waals surface area (Å²) in [4.78, 5) is 4.04. The lowest BCUT2D eigenvalue weighted by Gasteiger charge is -2.35. The quantitative estimate of drug-likeness (QED) is 0.250. The summed E-state index contributed by atoms with van der Waals surface area (Å²) in [6.45, 7) is 4.82. The van der Waals surface area contributed by atoms with Crippen molar-refractivity contribution in [3.63, 3.8) is 0 Å². The van der Waals surface area contributed by atoms with E-state index in [1.54, 1.807) is 0 Å². The number of hydrogen-bond acceptors (Lipinski definition) is 2. The molecule has 3 atom stereocenters. The molecule has 0 N–H and O–H groups in total. The van der Waals surface area contributed by atoms with Crippen LogP contribution in [-0.4, -0.2) is 11.3 Å². The lowest BCUT2D eigenvalue weighted by atomic mass is 9.79. The Labute approximate surface area is 247 Å². The van der Waals surface area contributed by atoms with Gasteiger partial charge in [0.05, 0.1) is 6.04 Å². The van der Waals surface area contributed by atoms with Crippen molar-refractivity contribution in [1.82, 2.24) is 0 Å². The van der Waals surface area contributed by atoms with E-state index in [9.17, 15) is 0 Å². The summed E-state index contributed by atoms with van der Waals surface area (Å²) in [5.74, 6) is 0.483. The Hall–Kier alpha value is -4.01. The largest absolute Gasteiger partial charge is 0.334 e. The van der Waals surface area contributed by atoms with E-state index >= 15 is 0 Å². The van der Waals surface area contributed by atoms with Crippen molar-refractivity contribution in [2.45, 2.75) is 47.8 Å². The number of nitrogens with zero attached hydrogens (tertiary/aromatic N) is 1. The van der Waals surface area contributed by atoms with Crippen LogP contribution in [0.3, 0.4) is 0 Å². The molecule has 41 heavy (non-hydrogen) atoms. The second kappa shape index (κ2) is 9.53. The highest BCUT2D eigenvalue weighted by molar-refractivity contribution is 8.00. The first-order valence-electron chi connectivity index (χ1n) is 14.7. The number of rotatable bonds is 4. The molecular weight excluding hydrogens is 515 g/mol. The van der Waals surface area contributed by atoms with Crippen LogP contribution in [0, 0.1) is 0 Å². The van der Waals surface area contributed by atoms with E-state index < -0.39 is 0 Å². The van der Waals surface area contributed by atoms with Gasteiger partial charge in [0, 0.05) is 32.9 Å². The molecule has 0 saturated heterocycles. The van der Waals surface area contributed by atoms with Crippen LogP contribution in [0.5, 0.6) is 0 Å². The van der Waals surface area contributed by atoms with Crippen LogP contribution in [0.15, 0.2) is 144 Å². The molecule has 1 heterocycles. The molecule has 3 aliphatic carbocycles. The lowest BCUT2D eigenvalue weighted by Crippen LogP contribution is -2.31. The van der Waals surface area contributed by atoms with Crippen molar-refractivity contribution in [3.8, 4) is 11.1 Å². The Balaban J connectivity index is 1.20. The average Bonchev–Trinajstić information content (AvgIpc) is 3.51. The molecule has 4 aromatic rings. The van der Waals surface area contributed by atoms with Gasteiger partial charge in [0.15, 0.2) is 0 Å². The van der Waals surface area contributed by atoms with Crippen molar-refractivity contribution in [1.29, 1.82) is 0 Å². The summed E-state index contributed by atoms with van der Waals surface area (Å²) in [5, 5.41) is 0.508. The fourth-order valence-corrected chi connectivity index (χ4v) is 8.85. The van der Waals surface area contributed by atoms with E-state index in [0.29, 0.717) is 11.2 Å². The topological polar surface area (TPSA) is 3.24 Å². The summed E-state index contributed by atoms with van der Waals surface area (Å²) < 4.78 is 0. The van der Waals surface area contributed by atoms with E-state index in [1.807, 2.05) is 0 Å². The van der Waals surface area contributed by atoms with Gasteiger partial charge in [0.2, 0.25) is 0 Å². The molecule has 4 aromatic carbocycles. The van der Waals surface area contributed by atoms with Crippen molar-refractivity contribution >= 4 is 28.7 Å². The van der Waals surface area contributed by atoms with Crippen LogP contribution in [-0.2, 0) is 5.41 Å². The van der Waals surface area contributed by atoms with E-state index in [4.69, 9.17) is 0 Å². The van der Waals surface area contributed by atoms with Crippen molar-refractivity contribution in [2.24, 2.45) is 0 Å². The van der Waals surface area contributed by atoms with E-state index in [-0.39, 0.29) is 11.5 Å². The maximum absolute atomic E-state index is 2.53. The normalized spacial score (nSPS) is 22.7. The standard InChI is InChI=1S/C39H33NS/c1-39(2)34-23-21-30(25-33(34)37-35(39)24-22-32-31-15-9-10-16-36(31)41-38(32)37)40(28-13-7-4-8-14-28)29-19-17-27(18-20-29)26-11-5-3-6-12-26/h3-24,30-31,36H,25H2,1-2H3/t30?,31?,36-/m1/s1. The van der Waals surface area contributed by atoms with Gasteiger partial charge < -0.3 is 4.90 Å². The maximum Gasteiger partial charge on any atom is 0.0566 e. The first-order chi connectivity index (χ1) is 20.1. The first-order valence-corrected chi connectivity index (χ1v) is 15.6. The molecule has 0 saturated carbocycles. The van der Waals surface area contributed by atoms with E-state index in [0.717, 1.165) is 6.42 Å². The number of fused-ring (bicyclic) bond motifs is 6. The smallest absolute Gasteiger partial charge is 0.0566 e. The second-order valence-corrected chi connectivity index (χ2v) is 13.2. The van der Waals surface area contributed by atoms with Crippen molar-refractivity contribution in [2.75, 3.05) is 4.90 Å². The molecule has 1 nitrogen and oxygen atoms in total. The molecule has 0 bridgehead atoms. The fourth-order valence-electron chi connectivity index (χ4n) is 7.33. The van der Waals surface area contributed by atoms with Gasteiger partial charge in [-0.3, -0.25) is 0 Å². The molecule has 2 heteroatoms. The third-order valence-electron chi connectivity index (χ3n) is 9.38. The van der Waals surface area contributed by atoms with Crippen LogP contribution in [0.2, 0.25) is 0 Å². The highest BCUT2D eigenvalue weighted by atomic mass is 32.2. The Kier molecular flexibility index (Phi) is 5.76. The summed E-state index contributed by atoms with van der Waals surface area (Å²) in [6.07, 6.45) is 15.1.